The Bertz CT molecular complexity index is 865. The standard InChI is InChI=1S/C16H12F4N4O/c1-9-6-13(16(18,19)20)24-14(23-9)12(8-22-24)15(25)21-7-10-2-4-11(17)5-3-10/h2-6,8,23H,1,7H2,(H,21,25). The molecule has 1 aliphatic heterocycles. The summed E-state index contributed by atoms with van der Waals surface area (Å²) in [5.41, 5.74) is -0.459. The molecule has 0 spiro atoms. The fourth-order valence-electron chi connectivity index (χ4n) is 2.31. The Kier molecular flexibility index (Phi) is 4.07. The molecule has 0 saturated heterocycles. The number of nitrogens with zero attached hydrogens (tertiary/aromatic N) is 2. The second-order valence-corrected chi connectivity index (χ2v) is 5.31. The zero-order valence-corrected chi connectivity index (χ0v) is 12.7. The van der Waals surface area contributed by atoms with E-state index in [0.717, 1.165) is 12.3 Å². The van der Waals surface area contributed by atoms with Crippen LogP contribution in [0.5, 0.6) is 0 Å². The van der Waals surface area contributed by atoms with E-state index in [9.17, 15) is 22.4 Å². The van der Waals surface area contributed by atoms with Crippen molar-refractivity contribution in [3.8, 4) is 0 Å². The Labute approximate surface area is 139 Å². The molecule has 1 aromatic carbocycles. The number of aromatic nitrogens is 2. The van der Waals surface area contributed by atoms with Gasteiger partial charge in [0.25, 0.3) is 5.91 Å². The number of fused-ring (bicyclic) bond motifs is 1. The number of anilines is 1. The van der Waals surface area contributed by atoms with E-state index in [1.54, 1.807) is 0 Å². The Morgan fingerprint density at radius 1 is 1.28 bits per heavy atom. The highest BCUT2D eigenvalue weighted by atomic mass is 19.4. The number of hydrogen-bond donors (Lipinski definition) is 2. The number of halogens is 4. The van der Waals surface area contributed by atoms with Crippen molar-refractivity contribution in [3.63, 3.8) is 0 Å². The number of amides is 1. The van der Waals surface area contributed by atoms with E-state index in [2.05, 4.69) is 22.3 Å². The highest BCUT2D eigenvalue weighted by Crippen LogP contribution is 2.36. The maximum atomic E-state index is 13.1. The van der Waals surface area contributed by atoms with Crippen LogP contribution in [0.3, 0.4) is 0 Å². The maximum Gasteiger partial charge on any atom is 0.433 e. The van der Waals surface area contributed by atoms with Gasteiger partial charge >= 0.3 is 6.18 Å². The van der Waals surface area contributed by atoms with Crippen molar-refractivity contribution in [1.82, 2.24) is 15.1 Å². The van der Waals surface area contributed by atoms with Gasteiger partial charge in [0, 0.05) is 12.2 Å². The molecule has 25 heavy (non-hydrogen) atoms. The number of hydrogen-bond acceptors (Lipinski definition) is 3. The molecule has 9 heteroatoms. The van der Waals surface area contributed by atoms with Gasteiger partial charge in [-0.2, -0.15) is 18.3 Å². The van der Waals surface area contributed by atoms with E-state index in [-0.39, 0.29) is 23.6 Å². The van der Waals surface area contributed by atoms with Gasteiger partial charge in [-0.3, -0.25) is 4.79 Å². The van der Waals surface area contributed by atoms with Gasteiger partial charge in [0.15, 0.2) is 0 Å². The number of allylic oxidation sites excluding steroid dienone is 2. The third kappa shape index (κ3) is 3.39. The number of alkyl halides is 3. The molecule has 2 N–H and O–H groups in total. The lowest BCUT2D eigenvalue weighted by molar-refractivity contribution is -0.0744. The third-order valence-corrected chi connectivity index (χ3v) is 3.49. The first kappa shape index (κ1) is 16.7. The zero-order chi connectivity index (χ0) is 18.2. The molecule has 0 bridgehead atoms. The molecule has 5 nitrogen and oxygen atoms in total. The van der Waals surface area contributed by atoms with E-state index in [0.29, 0.717) is 10.2 Å². The number of carbonyl (C=O) groups is 1. The van der Waals surface area contributed by atoms with Crippen LogP contribution < -0.4 is 10.6 Å². The summed E-state index contributed by atoms with van der Waals surface area (Å²) in [5, 5.41) is 8.81. The molecule has 1 aromatic heterocycles. The van der Waals surface area contributed by atoms with Crippen molar-refractivity contribution >= 4 is 17.4 Å². The molecule has 0 atom stereocenters. The van der Waals surface area contributed by atoms with Crippen LogP contribution in [0.15, 0.2) is 48.8 Å². The minimum Gasteiger partial charge on any atom is -0.348 e. The van der Waals surface area contributed by atoms with Gasteiger partial charge in [-0.1, -0.05) is 18.7 Å². The van der Waals surface area contributed by atoms with Crippen LogP contribution in [0.25, 0.3) is 5.70 Å². The van der Waals surface area contributed by atoms with Crippen LogP contribution in [0.2, 0.25) is 0 Å². The van der Waals surface area contributed by atoms with Crippen molar-refractivity contribution < 1.29 is 22.4 Å². The summed E-state index contributed by atoms with van der Waals surface area (Å²) in [7, 11) is 0. The van der Waals surface area contributed by atoms with Crippen LogP contribution in [-0.2, 0) is 6.54 Å². The van der Waals surface area contributed by atoms with E-state index in [4.69, 9.17) is 0 Å². The van der Waals surface area contributed by atoms with E-state index >= 15 is 0 Å². The topological polar surface area (TPSA) is 59.0 Å². The Balaban J connectivity index is 1.81. The highest BCUT2D eigenvalue weighted by Gasteiger charge is 2.39. The maximum absolute atomic E-state index is 13.1. The zero-order valence-electron chi connectivity index (χ0n) is 12.7. The fraction of sp³-hybridized carbons (Fsp3) is 0.125. The predicted molar refractivity (Wildman–Crippen MR) is 82.9 cm³/mol. The quantitative estimate of drug-likeness (QED) is 0.834. The van der Waals surface area contributed by atoms with Crippen LogP contribution >= 0.6 is 0 Å². The van der Waals surface area contributed by atoms with Gasteiger partial charge in [-0.05, 0) is 23.8 Å². The first-order valence-electron chi connectivity index (χ1n) is 7.11. The molecule has 0 fully saturated rings. The molecule has 0 unspecified atom stereocenters. The largest absolute Gasteiger partial charge is 0.433 e. The highest BCUT2D eigenvalue weighted by molar-refractivity contribution is 6.00. The SMILES string of the molecule is C=C1C=C(C(F)(F)F)n2ncc(C(=O)NCc3ccc(F)cc3)c2N1. The lowest BCUT2D eigenvalue weighted by atomic mass is 10.2. The molecule has 0 aliphatic carbocycles. The second-order valence-electron chi connectivity index (χ2n) is 5.31. The predicted octanol–water partition coefficient (Wildman–Crippen LogP) is 3.29. The number of carbonyl (C=O) groups excluding carboxylic acids is 1. The van der Waals surface area contributed by atoms with E-state index < -0.39 is 23.6 Å². The first-order valence-corrected chi connectivity index (χ1v) is 7.11. The molecule has 0 radical (unpaired) electrons. The number of nitrogens with one attached hydrogen (secondary N) is 2. The van der Waals surface area contributed by atoms with Crippen LogP contribution in [0.4, 0.5) is 23.4 Å². The second kappa shape index (κ2) is 6.08. The summed E-state index contributed by atoms with van der Waals surface area (Å²) < 4.78 is 52.7. The lowest BCUT2D eigenvalue weighted by Gasteiger charge is -2.21. The summed E-state index contributed by atoms with van der Waals surface area (Å²) in [4.78, 5) is 12.3. The minimum absolute atomic E-state index is 0.00657. The summed E-state index contributed by atoms with van der Waals surface area (Å²) in [6, 6.07) is 5.48. The monoisotopic (exact) mass is 352 g/mol. The van der Waals surface area contributed by atoms with Crippen LogP contribution in [0, 0.1) is 5.82 Å². The van der Waals surface area contributed by atoms with Crippen molar-refractivity contribution in [2.24, 2.45) is 0 Å². The Morgan fingerprint density at radius 3 is 2.60 bits per heavy atom. The van der Waals surface area contributed by atoms with Gasteiger partial charge in [-0.25, -0.2) is 9.07 Å². The number of benzene rings is 1. The molecule has 130 valence electrons. The molecule has 1 amide bonds. The summed E-state index contributed by atoms with van der Waals surface area (Å²) in [6.45, 7) is 3.55. The molecule has 1 aliphatic rings. The molecular formula is C16H12F4N4O. The fourth-order valence-corrected chi connectivity index (χ4v) is 2.31. The van der Waals surface area contributed by atoms with Gasteiger partial charge in [-0.15, -0.1) is 0 Å². The smallest absolute Gasteiger partial charge is 0.348 e. The van der Waals surface area contributed by atoms with Crippen LogP contribution in [-0.4, -0.2) is 21.9 Å². The lowest BCUT2D eigenvalue weighted by Crippen LogP contribution is -2.26. The van der Waals surface area contributed by atoms with E-state index in [1.165, 1.54) is 24.3 Å². The molecule has 2 heterocycles. The van der Waals surface area contributed by atoms with Crippen molar-refractivity contribution in [2.75, 3.05) is 5.32 Å². The van der Waals surface area contributed by atoms with Gasteiger partial charge in [0.2, 0.25) is 0 Å². The summed E-state index contributed by atoms with van der Waals surface area (Å²) in [6.07, 6.45) is -2.80. The summed E-state index contributed by atoms with van der Waals surface area (Å²) in [5.74, 6) is -1.14. The average Bonchev–Trinajstić information content (AvgIpc) is 2.96. The minimum atomic E-state index is -4.65. The first-order chi connectivity index (χ1) is 11.8. The Hall–Kier alpha value is -3.10. The van der Waals surface area contributed by atoms with Gasteiger partial charge in [0.05, 0.1) is 6.20 Å². The molecule has 3 rings (SSSR count). The van der Waals surface area contributed by atoms with Crippen molar-refractivity contribution in [3.05, 3.63) is 65.8 Å². The normalized spacial score (nSPS) is 13.8. The van der Waals surface area contributed by atoms with Crippen molar-refractivity contribution in [1.29, 1.82) is 0 Å². The molecule has 0 saturated carbocycles. The van der Waals surface area contributed by atoms with Gasteiger partial charge in [0.1, 0.15) is 22.9 Å². The Morgan fingerprint density at radius 2 is 1.96 bits per heavy atom. The molecule has 2 aromatic rings. The summed E-state index contributed by atoms with van der Waals surface area (Å²) >= 11 is 0. The molecular weight excluding hydrogens is 340 g/mol. The van der Waals surface area contributed by atoms with Crippen molar-refractivity contribution in [2.45, 2.75) is 12.7 Å². The third-order valence-electron chi connectivity index (χ3n) is 3.49. The average molecular weight is 352 g/mol. The van der Waals surface area contributed by atoms with Crippen LogP contribution in [0.1, 0.15) is 15.9 Å². The van der Waals surface area contributed by atoms with E-state index in [1.807, 2.05) is 0 Å². The van der Waals surface area contributed by atoms with Gasteiger partial charge < -0.3 is 10.6 Å². The number of rotatable bonds is 3.